The SMILES string of the molecule is O=C(Nc1cc(Cl)ccc1Cl)c1ccnc2nc[nH]c12. The molecule has 0 spiro atoms. The number of nitrogens with zero attached hydrogens (tertiary/aromatic N) is 2. The normalized spacial score (nSPS) is 10.7. The number of pyridine rings is 1. The van der Waals surface area contributed by atoms with Crippen molar-refractivity contribution in [1.82, 2.24) is 15.0 Å². The summed E-state index contributed by atoms with van der Waals surface area (Å²) in [5, 5.41) is 3.62. The van der Waals surface area contributed by atoms with Gasteiger partial charge >= 0.3 is 0 Å². The number of H-pyrrole nitrogens is 1. The van der Waals surface area contributed by atoms with E-state index in [1.807, 2.05) is 0 Å². The molecule has 0 unspecified atom stereocenters. The third-order valence-electron chi connectivity index (χ3n) is 2.75. The molecule has 3 aromatic rings. The van der Waals surface area contributed by atoms with Crippen LogP contribution in [0.5, 0.6) is 0 Å². The van der Waals surface area contributed by atoms with E-state index < -0.39 is 0 Å². The van der Waals surface area contributed by atoms with E-state index in [4.69, 9.17) is 23.2 Å². The van der Waals surface area contributed by atoms with E-state index in [1.54, 1.807) is 24.3 Å². The number of aromatic amines is 1. The molecule has 0 saturated carbocycles. The molecule has 1 aromatic carbocycles. The first kappa shape index (κ1) is 12.9. The minimum atomic E-state index is -0.314. The Balaban J connectivity index is 1.97. The Bertz CT molecular complexity index is 800. The van der Waals surface area contributed by atoms with Gasteiger partial charge < -0.3 is 10.3 Å². The maximum Gasteiger partial charge on any atom is 0.258 e. The van der Waals surface area contributed by atoms with Crippen molar-refractivity contribution in [2.24, 2.45) is 0 Å². The second-order valence-corrected chi connectivity index (χ2v) is 4.88. The number of nitrogens with one attached hydrogen (secondary N) is 2. The van der Waals surface area contributed by atoms with Crippen molar-refractivity contribution in [2.75, 3.05) is 5.32 Å². The van der Waals surface area contributed by atoms with Gasteiger partial charge in [0.2, 0.25) is 0 Å². The summed E-state index contributed by atoms with van der Waals surface area (Å²) >= 11 is 11.9. The zero-order chi connectivity index (χ0) is 14.1. The Morgan fingerprint density at radius 3 is 2.90 bits per heavy atom. The fourth-order valence-electron chi connectivity index (χ4n) is 1.82. The van der Waals surface area contributed by atoms with Gasteiger partial charge in [0, 0.05) is 11.2 Å². The molecule has 0 saturated heterocycles. The van der Waals surface area contributed by atoms with E-state index in [1.165, 1.54) is 12.5 Å². The van der Waals surface area contributed by atoms with Crippen molar-refractivity contribution in [3.8, 4) is 0 Å². The van der Waals surface area contributed by atoms with Gasteiger partial charge in [0.1, 0.15) is 0 Å². The number of imidazole rings is 1. The number of benzene rings is 1. The predicted octanol–water partition coefficient (Wildman–Crippen LogP) is 3.52. The predicted molar refractivity (Wildman–Crippen MR) is 78.3 cm³/mol. The van der Waals surface area contributed by atoms with E-state index in [0.29, 0.717) is 32.5 Å². The maximum absolute atomic E-state index is 12.3. The fraction of sp³-hybridized carbons (Fsp3) is 0. The molecule has 1 amide bonds. The fourth-order valence-corrected chi connectivity index (χ4v) is 2.16. The summed E-state index contributed by atoms with van der Waals surface area (Å²) in [5.41, 5.74) is 1.94. The molecule has 2 heterocycles. The Labute approximate surface area is 124 Å². The summed E-state index contributed by atoms with van der Waals surface area (Å²) < 4.78 is 0. The number of carbonyl (C=O) groups excluding carboxylic acids is 1. The Morgan fingerprint density at radius 2 is 2.05 bits per heavy atom. The summed E-state index contributed by atoms with van der Waals surface area (Å²) in [6.07, 6.45) is 3.01. The van der Waals surface area contributed by atoms with Crippen LogP contribution in [0, 0.1) is 0 Å². The molecule has 0 radical (unpaired) electrons. The van der Waals surface area contributed by atoms with Crippen LogP contribution in [0.2, 0.25) is 10.0 Å². The number of hydrogen-bond donors (Lipinski definition) is 2. The van der Waals surface area contributed by atoms with Crippen molar-refractivity contribution >= 4 is 46.0 Å². The number of amides is 1. The second-order valence-electron chi connectivity index (χ2n) is 4.04. The van der Waals surface area contributed by atoms with Gasteiger partial charge in [0.15, 0.2) is 5.65 Å². The van der Waals surface area contributed by atoms with Crippen LogP contribution < -0.4 is 5.32 Å². The molecule has 0 atom stereocenters. The van der Waals surface area contributed by atoms with Gasteiger partial charge in [0.05, 0.1) is 28.1 Å². The lowest BCUT2D eigenvalue weighted by Gasteiger charge is -2.08. The molecule has 0 aliphatic carbocycles. The number of carbonyl (C=O) groups is 1. The summed E-state index contributed by atoms with van der Waals surface area (Å²) in [6.45, 7) is 0. The van der Waals surface area contributed by atoms with Gasteiger partial charge in [0.25, 0.3) is 5.91 Å². The van der Waals surface area contributed by atoms with E-state index in [-0.39, 0.29) is 5.91 Å². The Morgan fingerprint density at radius 1 is 1.20 bits per heavy atom. The number of halogens is 2. The molecule has 0 aliphatic heterocycles. The number of hydrogen-bond acceptors (Lipinski definition) is 3. The van der Waals surface area contributed by atoms with Gasteiger partial charge in [-0.15, -0.1) is 0 Å². The zero-order valence-corrected chi connectivity index (χ0v) is 11.5. The lowest BCUT2D eigenvalue weighted by molar-refractivity contribution is 0.102. The van der Waals surface area contributed by atoms with Crippen molar-refractivity contribution in [3.05, 3.63) is 52.4 Å². The average molecular weight is 307 g/mol. The third-order valence-corrected chi connectivity index (χ3v) is 3.31. The molecular weight excluding hydrogens is 299 g/mol. The van der Waals surface area contributed by atoms with E-state index >= 15 is 0 Å². The highest BCUT2D eigenvalue weighted by molar-refractivity contribution is 6.36. The molecule has 2 aromatic heterocycles. The van der Waals surface area contributed by atoms with Gasteiger partial charge in [-0.2, -0.15) is 0 Å². The molecule has 100 valence electrons. The van der Waals surface area contributed by atoms with Crippen molar-refractivity contribution in [1.29, 1.82) is 0 Å². The van der Waals surface area contributed by atoms with Crippen LogP contribution in [0.15, 0.2) is 36.8 Å². The largest absolute Gasteiger partial charge is 0.343 e. The topological polar surface area (TPSA) is 70.7 Å². The molecular formula is C13H8Cl2N4O. The highest BCUT2D eigenvalue weighted by atomic mass is 35.5. The van der Waals surface area contributed by atoms with Crippen LogP contribution >= 0.6 is 23.2 Å². The molecule has 3 rings (SSSR count). The van der Waals surface area contributed by atoms with Gasteiger partial charge in [-0.1, -0.05) is 23.2 Å². The van der Waals surface area contributed by atoms with Gasteiger partial charge in [-0.3, -0.25) is 4.79 Å². The van der Waals surface area contributed by atoms with Crippen LogP contribution in [-0.2, 0) is 0 Å². The summed E-state index contributed by atoms with van der Waals surface area (Å²) in [5.74, 6) is -0.314. The smallest absolute Gasteiger partial charge is 0.258 e. The lowest BCUT2D eigenvalue weighted by atomic mass is 10.2. The molecule has 5 nitrogen and oxygen atoms in total. The first-order valence-corrected chi connectivity index (χ1v) is 6.45. The van der Waals surface area contributed by atoms with Crippen LogP contribution in [0.1, 0.15) is 10.4 Å². The Hall–Kier alpha value is -2.11. The number of rotatable bonds is 2. The number of anilines is 1. The van der Waals surface area contributed by atoms with Crippen molar-refractivity contribution < 1.29 is 4.79 Å². The highest BCUT2D eigenvalue weighted by Crippen LogP contribution is 2.26. The zero-order valence-electron chi connectivity index (χ0n) is 10.0. The molecule has 7 heteroatoms. The standard InChI is InChI=1S/C13H8Cl2N4O/c14-7-1-2-9(15)10(5-7)19-13(20)8-3-4-16-12-11(8)17-6-18-12/h1-6H,(H,19,20)(H,16,17,18). The van der Waals surface area contributed by atoms with Crippen LogP contribution in [-0.4, -0.2) is 20.9 Å². The third kappa shape index (κ3) is 2.33. The monoisotopic (exact) mass is 306 g/mol. The number of fused-ring (bicyclic) bond motifs is 1. The minimum Gasteiger partial charge on any atom is -0.343 e. The lowest BCUT2D eigenvalue weighted by Crippen LogP contribution is -2.13. The molecule has 20 heavy (non-hydrogen) atoms. The van der Waals surface area contributed by atoms with E-state index in [0.717, 1.165) is 0 Å². The summed E-state index contributed by atoms with van der Waals surface area (Å²) in [7, 11) is 0. The summed E-state index contributed by atoms with van der Waals surface area (Å²) in [6, 6.07) is 6.47. The summed E-state index contributed by atoms with van der Waals surface area (Å²) in [4.78, 5) is 23.2. The quantitative estimate of drug-likeness (QED) is 0.761. The van der Waals surface area contributed by atoms with Crippen LogP contribution in [0.4, 0.5) is 5.69 Å². The first-order valence-electron chi connectivity index (χ1n) is 5.69. The molecule has 0 fully saturated rings. The second kappa shape index (κ2) is 5.11. The van der Waals surface area contributed by atoms with Gasteiger partial charge in [-0.05, 0) is 24.3 Å². The minimum absolute atomic E-state index is 0.314. The molecule has 2 N–H and O–H groups in total. The van der Waals surface area contributed by atoms with Crippen molar-refractivity contribution in [2.45, 2.75) is 0 Å². The van der Waals surface area contributed by atoms with Crippen LogP contribution in [0.3, 0.4) is 0 Å². The first-order chi connectivity index (χ1) is 9.65. The highest BCUT2D eigenvalue weighted by Gasteiger charge is 2.13. The average Bonchev–Trinajstić information content (AvgIpc) is 2.91. The molecule has 0 bridgehead atoms. The van der Waals surface area contributed by atoms with Crippen LogP contribution in [0.25, 0.3) is 11.2 Å². The van der Waals surface area contributed by atoms with Crippen molar-refractivity contribution in [3.63, 3.8) is 0 Å². The van der Waals surface area contributed by atoms with Gasteiger partial charge in [-0.25, -0.2) is 9.97 Å². The van der Waals surface area contributed by atoms with E-state index in [9.17, 15) is 4.79 Å². The number of aromatic nitrogens is 3. The molecule has 0 aliphatic rings. The van der Waals surface area contributed by atoms with E-state index in [2.05, 4.69) is 20.3 Å². The maximum atomic E-state index is 12.3. The Kier molecular flexibility index (Phi) is 3.30.